The third-order valence-electron chi connectivity index (χ3n) is 2.26. The van der Waals surface area contributed by atoms with Crippen LogP contribution in [0.5, 0.6) is 5.75 Å². The van der Waals surface area contributed by atoms with Crippen LogP contribution in [0.2, 0.25) is 0 Å². The number of amides is 1. The maximum absolute atomic E-state index is 11.8. The summed E-state index contributed by atoms with van der Waals surface area (Å²) in [6.45, 7) is 4.75. The number of nitrogens with one attached hydrogen (secondary N) is 2. The zero-order valence-corrected chi connectivity index (χ0v) is 11.0. The topological polar surface area (TPSA) is 85.2 Å². The molecule has 5 heteroatoms. The molecule has 0 bridgehead atoms. The Morgan fingerprint density at radius 1 is 1.42 bits per heavy atom. The number of benzene rings is 1. The molecule has 3 N–H and O–H groups in total. The van der Waals surface area contributed by atoms with Gasteiger partial charge in [-0.3, -0.25) is 4.79 Å². The van der Waals surface area contributed by atoms with Gasteiger partial charge in [-0.2, -0.15) is 5.26 Å². The fourth-order valence-electron chi connectivity index (χ4n) is 1.29. The zero-order chi connectivity index (χ0) is 14.3. The molecular formula is C14H17N3O2. The molecule has 0 unspecified atom stereocenters. The first-order valence-electron chi connectivity index (χ1n) is 5.97. The lowest BCUT2D eigenvalue weighted by molar-refractivity contribution is -0.112. The van der Waals surface area contributed by atoms with Gasteiger partial charge in [0.25, 0.3) is 5.91 Å². The molecule has 0 spiro atoms. The molecule has 0 heterocycles. The van der Waals surface area contributed by atoms with E-state index in [2.05, 4.69) is 10.6 Å². The van der Waals surface area contributed by atoms with E-state index in [1.807, 2.05) is 19.9 Å². The largest absolute Gasteiger partial charge is 0.508 e. The Labute approximate surface area is 112 Å². The number of phenolic OH excluding ortho intramolecular Hbond substituents is 1. The first-order chi connectivity index (χ1) is 9.02. The van der Waals surface area contributed by atoms with Gasteiger partial charge in [-0.25, -0.2) is 0 Å². The van der Waals surface area contributed by atoms with Crippen molar-refractivity contribution in [1.29, 1.82) is 5.26 Å². The number of nitriles is 1. The highest BCUT2D eigenvalue weighted by Gasteiger charge is 2.09. The van der Waals surface area contributed by atoms with Gasteiger partial charge in [0.15, 0.2) is 0 Å². The monoisotopic (exact) mass is 259 g/mol. The van der Waals surface area contributed by atoms with Crippen molar-refractivity contribution in [3.63, 3.8) is 0 Å². The smallest absolute Gasteiger partial charge is 0.267 e. The van der Waals surface area contributed by atoms with Crippen molar-refractivity contribution >= 4 is 11.6 Å². The van der Waals surface area contributed by atoms with E-state index < -0.39 is 5.91 Å². The number of hydrogen-bond donors (Lipinski definition) is 3. The number of hydrogen-bond acceptors (Lipinski definition) is 4. The highest BCUT2D eigenvalue weighted by atomic mass is 16.3. The van der Waals surface area contributed by atoms with E-state index in [0.717, 1.165) is 0 Å². The molecule has 0 radical (unpaired) electrons. The van der Waals surface area contributed by atoms with Crippen molar-refractivity contribution in [3.05, 3.63) is 36.0 Å². The van der Waals surface area contributed by atoms with Crippen LogP contribution >= 0.6 is 0 Å². The van der Waals surface area contributed by atoms with E-state index in [9.17, 15) is 4.79 Å². The predicted molar refractivity (Wildman–Crippen MR) is 73.3 cm³/mol. The van der Waals surface area contributed by atoms with Gasteiger partial charge in [0.2, 0.25) is 0 Å². The van der Waals surface area contributed by atoms with E-state index in [-0.39, 0.29) is 11.3 Å². The van der Waals surface area contributed by atoms with E-state index in [1.54, 1.807) is 12.1 Å². The Balaban J connectivity index is 2.64. The summed E-state index contributed by atoms with van der Waals surface area (Å²) in [4.78, 5) is 11.8. The van der Waals surface area contributed by atoms with Crippen molar-refractivity contribution in [3.8, 4) is 11.8 Å². The molecule has 0 saturated heterocycles. The maximum Gasteiger partial charge on any atom is 0.267 e. The molecular weight excluding hydrogens is 242 g/mol. The highest BCUT2D eigenvalue weighted by molar-refractivity contribution is 6.06. The second-order valence-corrected chi connectivity index (χ2v) is 4.47. The van der Waals surface area contributed by atoms with Gasteiger partial charge in [-0.1, -0.05) is 13.8 Å². The van der Waals surface area contributed by atoms with Crippen molar-refractivity contribution in [2.45, 2.75) is 13.8 Å². The third-order valence-corrected chi connectivity index (χ3v) is 2.26. The molecule has 0 saturated carbocycles. The Morgan fingerprint density at radius 2 is 2.05 bits per heavy atom. The van der Waals surface area contributed by atoms with E-state index in [1.165, 1.54) is 18.3 Å². The summed E-state index contributed by atoms with van der Waals surface area (Å²) in [5, 5.41) is 23.6. The number of carbonyl (C=O) groups excluding carboxylic acids is 1. The van der Waals surface area contributed by atoms with Crippen molar-refractivity contribution in [2.24, 2.45) is 5.92 Å². The molecule has 1 aromatic carbocycles. The van der Waals surface area contributed by atoms with Crippen LogP contribution in [0.15, 0.2) is 36.0 Å². The normalized spacial score (nSPS) is 10.9. The van der Waals surface area contributed by atoms with Crippen LogP contribution in [0.4, 0.5) is 5.69 Å². The molecule has 0 aliphatic rings. The number of carbonyl (C=O) groups is 1. The third kappa shape index (κ3) is 5.13. The molecule has 1 rings (SSSR count). The second kappa shape index (κ2) is 7.07. The zero-order valence-electron chi connectivity index (χ0n) is 11.0. The standard InChI is InChI=1S/C14H17N3O2/c1-10(2)8-16-9-11(7-15)14(19)17-12-3-5-13(18)6-4-12/h3-6,9-10,16,18H,8H2,1-2H3,(H,17,19)/b11-9-. The van der Waals surface area contributed by atoms with Gasteiger partial charge in [0, 0.05) is 18.4 Å². The Hall–Kier alpha value is -2.48. The molecule has 1 amide bonds. The molecule has 0 atom stereocenters. The van der Waals surface area contributed by atoms with Gasteiger partial charge in [0.1, 0.15) is 17.4 Å². The first-order valence-corrected chi connectivity index (χ1v) is 5.97. The lowest BCUT2D eigenvalue weighted by Gasteiger charge is -2.06. The van der Waals surface area contributed by atoms with Crippen LogP contribution in [-0.2, 0) is 4.79 Å². The minimum absolute atomic E-state index is 0.00808. The summed E-state index contributed by atoms with van der Waals surface area (Å²) < 4.78 is 0. The molecule has 100 valence electrons. The minimum atomic E-state index is -0.482. The van der Waals surface area contributed by atoms with Crippen molar-refractivity contribution < 1.29 is 9.90 Å². The van der Waals surface area contributed by atoms with Gasteiger partial charge in [-0.15, -0.1) is 0 Å². The molecule has 0 aromatic heterocycles. The van der Waals surface area contributed by atoms with Crippen LogP contribution < -0.4 is 10.6 Å². The SMILES string of the molecule is CC(C)CN/C=C(/C#N)C(=O)Nc1ccc(O)cc1. The first kappa shape index (κ1) is 14.6. The summed E-state index contributed by atoms with van der Waals surface area (Å²) in [7, 11) is 0. The number of anilines is 1. The Bertz CT molecular complexity index is 498. The average Bonchev–Trinajstić information content (AvgIpc) is 2.37. The van der Waals surface area contributed by atoms with E-state index >= 15 is 0 Å². The summed E-state index contributed by atoms with van der Waals surface area (Å²) in [5.74, 6) is 0.0634. The van der Waals surface area contributed by atoms with Gasteiger partial charge in [-0.05, 0) is 30.2 Å². The molecule has 0 aliphatic heterocycles. The molecule has 1 aromatic rings. The van der Waals surface area contributed by atoms with E-state index in [0.29, 0.717) is 18.2 Å². The summed E-state index contributed by atoms with van der Waals surface area (Å²) in [6, 6.07) is 7.88. The van der Waals surface area contributed by atoms with Crippen LogP contribution in [0, 0.1) is 17.2 Å². The maximum atomic E-state index is 11.8. The second-order valence-electron chi connectivity index (χ2n) is 4.47. The average molecular weight is 259 g/mol. The van der Waals surface area contributed by atoms with Crippen molar-refractivity contribution in [1.82, 2.24) is 5.32 Å². The lowest BCUT2D eigenvalue weighted by Crippen LogP contribution is -2.19. The fraction of sp³-hybridized carbons (Fsp3) is 0.286. The van der Waals surface area contributed by atoms with Gasteiger partial charge >= 0.3 is 0 Å². The van der Waals surface area contributed by atoms with Crippen LogP contribution in [-0.4, -0.2) is 17.6 Å². The lowest BCUT2D eigenvalue weighted by atomic mass is 10.2. The summed E-state index contributed by atoms with van der Waals surface area (Å²) in [5.41, 5.74) is 0.529. The fourth-order valence-corrected chi connectivity index (χ4v) is 1.29. The Morgan fingerprint density at radius 3 is 2.58 bits per heavy atom. The molecule has 0 fully saturated rings. The number of nitrogens with zero attached hydrogens (tertiary/aromatic N) is 1. The number of aromatic hydroxyl groups is 1. The highest BCUT2D eigenvalue weighted by Crippen LogP contribution is 2.14. The predicted octanol–water partition coefficient (Wildman–Crippen LogP) is 1.98. The van der Waals surface area contributed by atoms with Crippen LogP contribution in [0.3, 0.4) is 0 Å². The minimum Gasteiger partial charge on any atom is -0.508 e. The van der Waals surface area contributed by atoms with Gasteiger partial charge < -0.3 is 15.7 Å². The summed E-state index contributed by atoms with van der Waals surface area (Å²) >= 11 is 0. The number of phenols is 1. The molecule has 0 aliphatic carbocycles. The number of rotatable bonds is 5. The quantitative estimate of drug-likeness (QED) is 0.429. The molecule has 19 heavy (non-hydrogen) atoms. The summed E-state index contributed by atoms with van der Waals surface area (Å²) in [6.07, 6.45) is 1.41. The van der Waals surface area contributed by atoms with Crippen LogP contribution in [0.25, 0.3) is 0 Å². The Kier molecular flexibility index (Phi) is 5.42. The van der Waals surface area contributed by atoms with Crippen LogP contribution in [0.1, 0.15) is 13.8 Å². The van der Waals surface area contributed by atoms with E-state index in [4.69, 9.17) is 10.4 Å². The molecule has 5 nitrogen and oxygen atoms in total. The van der Waals surface area contributed by atoms with Gasteiger partial charge in [0.05, 0.1) is 0 Å². The van der Waals surface area contributed by atoms with Crippen molar-refractivity contribution in [2.75, 3.05) is 11.9 Å².